The third kappa shape index (κ3) is 5.46. The Morgan fingerprint density at radius 1 is 1.21 bits per heavy atom. The van der Waals surface area contributed by atoms with Gasteiger partial charge in [0.05, 0.1) is 24.0 Å². The summed E-state index contributed by atoms with van der Waals surface area (Å²) in [6, 6.07) is 10.7. The second kappa shape index (κ2) is 10.2. The number of carbonyl (C=O) groups excluding carboxylic acids is 2. The lowest BCUT2D eigenvalue weighted by Crippen LogP contribution is -2.43. The van der Waals surface area contributed by atoms with Crippen LogP contribution in [0, 0.1) is 5.92 Å². The summed E-state index contributed by atoms with van der Waals surface area (Å²) in [6.45, 7) is 1.40. The third-order valence-corrected chi connectivity index (χ3v) is 6.17. The Morgan fingerprint density at radius 2 is 2.00 bits per heavy atom. The van der Waals surface area contributed by atoms with E-state index in [0.29, 0.717) is 65.4 Å². The predicted molar refractivity (Wildman–Crippen MR) is 125 cm³/mol. The maximum absolute atomic E-state index is 12.9. The Balaban J connectivity index is 1.33. The van der Waals surface area contributed by atoms with Crippen LogP contribution >= 0.6 is 23.2 Å². The number of amides is 2. The van der Waals surface area contributed by atoms with Gasteiger partial charge >= 0.3 is 0 Å². The van der Waals surface area contributed by atoms with E-state index in [9.17, 15) is 9.59 Å². The molecule has 2 amide bonds. The number of aromatic amines is 1. The number of H-pyrrole nitrogens is 1. The van der Waals surface area contributed by atoms with Gasteiger partial charge in [-0.05, 0) is 36.6 Å². The SMILES string of the molecule is COc1cc(-c2cc(C(=O)N3CCC(C(=O)NCc4cccc(Cl)c4)CC3)n[nH]2)c(Cl)cn1. The number of hydrogen-bond acceptors (Lipinski definition) is 5. The van der Waals surface area contributed by atoms with Gasteiger partial charge in [-0.1, -0.05) is 35.3 Å². The number of likely N-dealkylation sites (tertiary alicyclic amines) is 1. The molecule has 4 rings (SSSR count). The average Bonchev–Trinajstić information content (AvgIpc) is 3.32. The second-order valence-corrected chi connectivity index (χ2v) is 8.63. The molecule has 1 fully saturated rings. The molecule has 0 spiro atoms. The van der Waals surface area contributed by atoms with Crippen molar-refractivity contribution in [3.63, 3.8) is 0 Å². The van der Waals surface area contributed by atoms with Crippen molar-refractivity contribution in [2.75, 3.05) is 20.2 Å². The standard InChI is InChI=1S/C23H23Cl2N5O3/c1-33-21-10-17(18(25)13-26-21)19-11-20(29-28-19)23(32)30-7-5-15(6-8-30)22(31)27-12-14-3-2-4-16(24)9-14/h2-4,9-11,13,15H,5-8,12H2,1H3,(H,27,31)(H,28,29). The molecule has 0 unspecified atom stereocenters. The molecule has 0 aliphatic carbocycles. The van der Waals surface area contributed by atoms with E-state index in [4.69, 9.17) is 27.9 Å². The zero-order chi connectivity index (χ0) is 23.4. The maximum Gasteiger partial charge on any atom is 0.274 e. The Bertz CT molecular complexity index is 1160. The van der Waals surface area contributed by atoms with Gasteiger partial charge in [0.1, 0.15) is 0 Å². The van der Waals surface area contributed by atoms with Crippen molar-refractivity contribution >= 4 is 35.0 Å². The lowest BCUT2D eigenvalue weighted by atomic mass is 9.95. The van der Waals surface area contributed by atoms with E-state index in [-0.39, 0.29) is 17.7 Å². The van der Waals surface area contributed by atoms with Gasteiger partial charge in [0, 0.05) is 42.2 Å². The summed E-state index contributed by atoms with van der Waals surface area (Å²) in [5.74, 6) is 0.0801. The fourth-order valence-corrected chi connectivity index (χ4v) is 4.21. The molecule has 33 heavy (non-hydrogen) atoms. The van der Waals surface area contributed by atoms with Crippen LogP contribution in [0.25, 0.3) is 11.3 Å². The minimum absolute atomic E-state index is 0.00888. The van der Waals surface area contributed by atoms with Gasteiger partial charge in [-0.2, -0.15) is 5.10 Å². The maximum atomic E-state index is 12.9. The molecule has 3 aromatic rings. The van der Waals surface area contributed by atoms with Crippen molar-refractivity contribution in [2.45, 2.75) is 19.4 Å². The summed E-state index contributed by atoms with van der Waals surface area (Å²) in [6.07, 6.45) is 2.68. The molecule has 1 aliphatic rings. The van der Waals surface area contributed by atoms with Crippen LogP contribution < -0.4 is 10.1 Å². The van der Waals surface area contributed by atoms with Crippen molar-refractivity contribution in [3.8, 4) is 17.1 Å². The summed E-state index contributed by atoms with van der Waals surface area (Å²) >= 11 is 12.2. The summed E-state index contributed by atoms with van der Waals surface area (Å²) < 4.78 is 5.14. The highest BCUT2D eigenvalue weighted by Gasteiger charge is 2.29. The molecule has 1 aliphatic heterocycles. The first-order valence-corrected chi connectivity index (χ1v) is 11.3. The molecule has 10 heteroatoms. The molecule has 0 bridgehead atoms. The smallest absolute Gasteiger partial charge is 0.274 e. The summed E-state index contributed by atoms with van der Waals surface area (Å²) in [4.78, 5) is 31.3. The first-order chi connectivity index (χ1) is 15.9. The van der Waals surface area contributed by atoms with Crippen LogP contribution in [0.5, 0.6) is 5.88 Å². The molecule has 3 heterocycles. The number of nitrogens with zero attached hydrogens (tertiary/aromatic N) is 3. The minimum atomic E-state index is -0.188. The van der Waals surface area contributed by atoms with Gasteiger partial charge in [0.2, 0.25) is 11.8 Å². The number of hydrogen-bond donors (Lipinski definition) is 2. The Hall–Kier alpha value is -3.10. The van der Waals surface area contributed by atoms with Gasteiger partial charge in [0.25, 0.3) is 5.91 Å². The molecule has 2 N–H and O–H groups in total. The van der Waals surface area contributed by atoms with Crippen molar-refractivity contribution < 1.29 is 14.3 Å². The zero-order valence-corrected chi connectivity index (χ0v) is 19.5. The van der Waals surface area contributed by atoms with Crippen molar-refractivity contribution in [1.82, 2.24) is 25.4 Å². The first-order valence-electron chi connectivity index (χ1n) is 10.5. The molecule has 1 aromatic carbocycles. The quantitative estimate of drug-likeness (QED) is 0.547. The number of carbonyl (C=O) groups is 2. The predicted octanol–water partition coefficient (Wildman–Crippen LogP) is 3.96. The summed E-state index contributed by atoms with van der Waals surface area (Å²) in [7, 11) is 1.52. The number of aromatic nitrogens is 3. The van der Waals surface area contributed by atoms with Crippen molar-refractivity contribution in [1.29, 1.82) is 0 Å². The molecule has 172 valence electrons. The van der Waals surface area contributed by atoms with Crippen LogP contribution in [-0.2, 0) is 11.3 Å². The second-order valence-electron chi connectivity index (χ2n) is 7.79. The van der Waals surface area contributed by atoms with Crippen LogP contribution in [-0.4, -0.2) is 52.1 Å². The monoisotopic (exact) mass is 487 g/mol. The van der Waals surface area contributed by atoms with Crippen LogP contribution in [0.1, 0.15) is 28.9 Å². The lowest BCUT2D eigenvalue weighted by molar-refractivity contribution is -0.126. The molecule has 1 saturated heterocycles. The average molecular weight is 488 g/mol. The molecular formula is C23H23Cl2N5O3. The Labute approximate surface area is 201 Å². The Morgan fingerprint density at radius 3 is 2.73 bits per heavy atom. The highest BCUT2D eigenvalue weighted by molar-refractivity contribution is 6.33. The van der Waals surface area contributed by atoms with Gasteiger partial charge in [-0.15, -0.1) is 0 Å². The van der Waals surface area contributed by atoms with Crippen LogP contribution in [0.4, 0.5) is 0 Å². The number of nitrogens with one attached hydrogen (secondary N) is 2. The molecular weight excluding hydrogens is 465 g/mol. The number of methoxy groups -OCH3 is 1. The number of pyridine rings is 1. The number of benzene rings is 1. The summed E-state index contributed by atoms with van der Waals surface area (Å²) in [5, 5.41) is 11.0. The van der Waals surface area contributed by atoms with Crippen molar-refractivity contribution in [2.24, 2.45) is 5.92 Å². The van der Waals surface area contributed by atoms with Crippen LogP contribution in [0.15, 0.2) is 42.6 Å². The zero-order valence-electron chi connectivity index (χ0n) is 18.0. The van der Waals surface area contributed by atoms with Crippen LogP contribution in [0.2, 0.25) is 10.0 Å². The van der Waals surface area contributed by atoms with Gasteiger partial charge in [-0.25, -0.2) is 4.98 Å². The Kier molecular flexibility index (Phi) is 7.15. The number of halogens is 2. The third-order valence-electron chi connectivity index (χ3n) is 5.64. The highest BCUT2D eigenvalue weighted by Crippen LogP contribution is 2.29. The lowest BCUT2D eigenvalue weighted by Gasteiger charge is -2.30. The van der Waals surface area contributed by atoms with E-state index in [2.05, 4.69) is 20.5 Å². The van der Waals surface area contributed by atoms with Gasteiger partial charge in [0.15, 0.2) is 5.69 Å². The van der Waals surface area contributed by atoms with E-state index in [1.54, 1.807) is 23.1 Å². The molecule has 2 aromatic heterocycles. The van der Waals surface area contributed by atoms with E-state index < -0.39 is 0 Å². The van der Waals surface area contributed by atoms with E-state index >= 15 is 0 Å². The fraction of sp³-hybridized carbons (Fsp3) is 0.304. The van der Waals surface area contributed by atoms with Crippen molar-refractivity contribution in [3.05, 3.63) is 63.9 Å². The minimum Gasteiger partial charge on any atom is -0.481 e. The van der Waals surface area contributed by atoms with Gasteiger partial charge in [-0.3, -0.25) is 14.7 Å². The number of rotatable bonds is 6. The topological polar surface area (TPSA) is 100 Å². The number of ether oxygens (including phenoxy) is 1. The van der Waals surface area contributed by atoms with Gasteiger partial charge < -0.3 is 15.0 Å². The number of piperidine rings is 1. The summed E-state index contributed by atoms with van der Waals surface area (Å²) in [5.41, 5.74) is 2.48. The largest absolute Gasteiger partial charge is 0.481 e. The molecule has 0 radical (unpaired) electrons. The van der Waals surface area contributed by atoms with Crippen LogP contribution in [0.3, 0.4) is 0 Å². The molecule has 0 atom stereocenters. The van der Waals surface area contributed by atoms with E-state index in [1.807, 2.05) is 18.2 Å². The normalized spacial score (nSPS) is 14.2. The fourth-order valence-electron chi connectivity index (χ4n) is 3.79. The van der Waals surface area contributed by atoms with E-state index in [1.165, 1.54) is 13.3 Å². The molecule has 0 saturated carbocycles. The first kappa shape index (κ1) is 23.1. The molecule has 8 nitrogen and oxygen atoms in total. The highest BCUT2D eigenvalue weighted by atomic mass is 35.5. The van der Waals surface area contributed by atoms with E-state index in [0.717, 1.165) is 5.56 Å².